The Balaban J connectivity index is 1.90. The number of alkyl halides is 3. The van der Waals surface area contributed by atoms with Crippen molar-refractivity contribution in [1.29, 1.82) is 0 Å². The largest absolute Gasteiger partial charge is 0.534 e. The van der Waals surface area contributed by atoms with Crippen molar-refractivity contribution in [2.75, 3.05) is 6.61 Å². The topological polar surface area (TPSA) is 69.7 Å². The van der Waals surface area contributed by atoms with Gasteiger partial charge in [0.1, 0.15) is 5.75 Å². The van der Waals surface area contributed by atoms with E-state index in [4.69, 9.17) is 4.74 Å². The summed E-state index contributed by atoms with van der Waals surface area (Å²) in [4.78, 5) is 11.8. The Morgan fingerprint density at radius 3 is 2.65 bits per heavy atom. The molecule has 0 N–H and O–H groups in total. The molecule has 0 saturated heterocycles. The number of esters is 1. The van der Waals surface area contributed by atoms with Crippen molar-refractivity contribution in [3.63, 3.8) is 0 Å². The number of carbonyl (C=O) groups excluding carboxylic acids is 1. The molecule has 0 amide bonds. The molecule has 0 bridgehead atoms. The maximum atomic E-state index is 12.5. The minimum atomic E-state index is -5.74. The zero-order chi connectivity index (χ0) is 17.0. The van der Waals surface area contributed by atoms with Crippen molar-refractivity contribution in [2.45, 2.75) is 24.8 Å². The Kier molecular flexibility index (Phi) is 3.58. The van der Waals surface area contributed by atoms with Crippen LogP contribution in [0.5, 0.6) is 5.75 Å². The van der Waals surface area contributed by atoms with Gasteiger partial charge in [0.25, 0.3) is 0 Å². The molecule has 0 spiro atoms. The van der Waals surface area contributed by atoms with E-state index in [1.165, 1.54) is 12.1 Å². The molecule has 0 aromatic heterocycles. The van der Waals surface area contributed by atoms with Crippen LogP contribution in [0.15, 0.2) is 18.2 Å². The molecule has 126 valence electrons. The molecule has 2 aliphatic rings. The molecule has 1 saturated carbocycles. The van der Waals surface area contributed by atoms with E-state index < -0.39 is 27.5 Å². The van der Waals surface area contributed by atoms with Gasteiger partial charge in [-0.2, -0.15) is 21.6 Å². The van der Waals surface area contributed by atoms with Crippen LogP contribution in [0.3, 0.4) is 0 Å². The highest BCUT2D eigenvalue weighted by molar-refractivity contribution is 7.88. The normalized spacial score (nSPS) is 25.5. The molecule has 0 radical (unpaired) electrons. The van der Waals surface area contributed by atoms with Crippen LogP contribution in [0.25, 0.3) is 0 Å². The molecule has 3 rings (SSSR count). The molecule has 23 heavy (non-hydrogen) atoms. The Labute approximate surface area is 130 Å². The second-order valence-corrected chi connectivity index (χ2v) is 7.02. The first-order chi connectivity index (χ1) is 10.7. The summed E-state index contributed by atoms with van der Waals surface area (Å²) in [5.74, 6) is -1.63. The lowest BCUT2D eigenvalue weighted by molar-refractivity contribution is -0.145. The number of benzene rings is 1. The van der Waals surface area contributed by atoms with E-state index in [1.54, 1.807) is 13.0 Å². The van der Waals surface area contributed by atoms with E-state index in [0.29, 0.717) is 17.5 Å². The van der Waals surface area contributed by atoms with Crippen molar-refractivity contribution < 1.29 is 35.3 Å². The minimum Gasteiger partial charge on any atom is -0.466 e. The first-order valence-electron chi connectivity index (χ1n) is 6.96. The summed E-state index contributed by atoms with van der Waals surface area (Å²) in [6.45, 7) is 1.87. The van der Waals surface area contributed by atoms with E-state index in [9.17, 15) is 26.4 Å². The highest BCUT2D eigenvalue weighted by Crippen LogP contribution is 2.64. The quantitative estimate of drug-likeness (QED) is 0.474. The number of hydrogen-bond donors (Lipinski definition) is 0. The van der Waals surface area contributed by atoms with Gasteiger partial charge in [-0.15, -0.1) is 0 Å². The lowest BCUT2D eigenvalue weighted by Crippen LogP contribution is -2.28. The van der Waals surface area contributed by atoms with Crippen molar-refractivity contribution in [3.05, 3.63) is 29.3 Å². The van der Waals surface area contributed by atoms with E-state index in [0.717, 1.165) is 0 Å². The Hall–Kier alpha value is -1.77. The number of ether oxygens (including phenoxy) is 1. The van der Waals surface area contributed by atoms with Crippen LogP contribution in [0, 0.1) is 11.8 Å². The molecule has 9 heteroatoms. The molecule has 0 unspecified atom stereocenters. The number of halogens is 3. The van der Waals surface area contributed by atoms with Gasteiger partial charge in [-0.25, -0.2) is 0 Å². The summed E-state index contributed by atoms with van der Waals surface area (Å²) >= 11 is 0. The van der Waals surface area contributed by atoms with Crippen LogP contribution in [0.4, 0.5) is 13.2 Å². The van der Waals surface area contributed by atoms with E-state index >= 15 is 0 Å². The van der Waals surface area contributed by atoms with Crippen molar-refractivity contribution >= 4 is 16.1 Å². The fraction of sp³-hybridized carbons (Fsp3) is 0.500. The monoisotopic (exact) mass is 350 g/mol. The Morgan fingerprint density at radius 1 is 1.35 bits per heavy atom. The van der Waals surface area contributed by atoms with Crippen molar-refractivity contribution in [2.24, 2.45) is 11.8 Å². The second-order valence-electron chi connectivity index (χ2n) is 5.48. The van der Waals surface area contributed by atoms with Gasteiger partial charge < -0.3 is 8.92 Å². The summed E-state index contributed by atoms with van der Waals surface area (Å²) < 4.78 is 69.2. The molecular weight excluding hydrogens is 337 g/mol. The number of fused-ring (bicyclic) bond motifs is 3. The predicted molar refractivity (Wildman–Crippen MR) is 72.1 cm³/mol. The number of carbonyl (C=O) groups is 1. The minimum absolute atomic E-state index is 0.0672. The fourth-order valence-corrected chi connectivity index (χ4v) is 3.70. The summed E-state index contributed by atoms with van der Waals surface area (Å²) in [5.41, 5.74) is -4.43. The van der Waals surface area contributed by atoms with Gasteiger partial charge in [-0.1, -0.05) is 12.1 Å². The SMILES string of the molecule is CCOC(=O)[C@@H]1[C@H]2Cc3cccc(OS(=O)(=O)C(F)(F)F)c3[C@H]21. The predicted octanol–water partition coefficient (Wildman–Crippen LogP) is 2.36. The average Bonchev–Trinajstić information content (AvgIpc) is 2.99. The van der Waals surface area contributed by atoms with Gasteiger partial charge in [0.05, 0.1) is 12.5 Å². The Bertz CT molecular complexity index is 756. The lowest BCUT2D eigenvalue weighted by Gasteiger charge is -2.14. The van der Waals surface area contributed by atoms with Gasteiger partial charge in [-0.05, 0) is 30.9 Å². The van der Waals surface area contributed by atoms with Gasteiger partial charge in [-0.3, -0.25) is 4.79 Å². The molecule has 0 heterocycles. The molecule has 1 fully saturated rings. The molecule has 1 aromatic rings. The van der Waals surface area contributed by atoms with E-state index in [-0.39, 0.29) is 24.2 Å². The second kappa shape index (κ2) is 5.12. The van der Waals surface area contributed by atoms with Crippen LogP contribution < -0.4 is 4.18 Å². The lowest BCUT2D eigenvalue weighted by atomic mass is 10.0. The van der Waals surface area contributed by atoms with Crippen LogP contribution in [0.1, 0.15) is 24.0 Å². The molecule has 2 aliphatic carbocycles. The average molecular weight is 350 g/mol. The highest BCUT2D eigenvalue weighted by atomic mass is 32.2. The van der Waals surface area contributed by atoms with Crippen molar-refractivity contribution in [1.82, 2.24) is 0 Å². The molecule has 5 nitrogen and oxygen atoms in total. The van der Waals surface area contributed by atoms with Gasteiger partial charge in [0.2, 0.25) is 0 Å². The molecule has 0 aliphatic heterocycles. The third-order valence-electron chi connectivity index (χ3n) is 4.16. The van der Waals surface area contributed by atoms with Gasteiger partial charge in [0.15, 0.2) is 0 Å². The highest BCUT2D eigenvalue weighted by Gasteiger charge is 2.61. The smallest absolute Gasteiger partial charge is 0.466 e. The van der Waals surface area contributed by atoms with E-state index in [1.807, 2.05) is 0 Å². The van der Waals surface area contributed by atoms with Crippen LogP contribution in [-0.2, 0) is 26.1 Å². The van der Waals surface area contributed by atoms with Crippen molar-refractivity contribution in [3.8, 4) is 5.75 Å². The van der Waals surface area contributed by atoms with Gasteiger partial charge >= 0.3 is 21.6 Å². The molecular formula is C14H13F3O5S. The van der Waals surface area contributed by atoms with Gasteiger partial charge in [0, 0.05) is 11.5 Å². The van der Waals surface area contributed by atoms with E-state index in [2.05, 4.69) is 4.18 Å². The molecule has 3 atom stereocenters. The number of hydrogen-bond acceptors (Lipinski definition) is 5. The van der Waals surface area contributed by atoms with Crippen LogP contribution in [0.2, 0.25) is 0 Å². The maximum Gasteiger partial charge on any atom is 0.534 e. The first-order valence-corrected chi connectivity index (χ1v) is 8.37. The molecule has 1 aromatic carbocycles. The summed E-state index contributed by atoms with van der Waals surface area (Å²) in [6, 6.07) is 4.30. The van der Waals surface area contributed by atoms with Crippen LogP contribution in [-0.4, -0.2) is 26.5 Å². The standard InChI is InChI=1S/C14H13F3O5S/c1-2-21-13(18)12-8-6-7-4-3-5-9(10(7)11(8)12)22-23(19,20)14(15,16)17/h3-5,8,11-12H,2,6H2,1H3/t8-,11-,12+/m0/s1. The number of rotatable bonds is 4. The zero-order valence-corrected chi connectivity index (χ0v) is 12.8. The summed E-state index contributed by atoms with van der Waals surface area (Å²) in [6.07, 6.45) is 0.493. The zero-order valence-electron chi connectivity index (χ0n) is 12.0. The fourth-order valence-electron chi connectivity index (χ4n) is 3.22. The summed E-state index contributed by atoms with van der Waals surface area (Å²) in [7, 11) is -5.74. The van der Waals surface area contributed by atoms with Crippen LogP contribution >= 0.6 is 0 Å². The third-order valence-corrected chi connectivity index (χ3v) is 5.12. The Morgan fingerprint density at radius 2 is 2.04 bits per heavy atom. The maximum absolute atomic E-state index is 12.5. The first kappa shape index (κ1) is 16.1. The summed E-state index contributed by atoms with van der Waals surface area (Å²) in [5, 5.41) is 0. The third kappa shape index (κ3) is 2.56.